The highest BCUT2D eigenvalue weighted by Crippen LogP contribution is 2.28. The van der Waals surface area contributed by atoms with Crippen molar-refractivity contribution in [2.45, 2.75) is 32.7 Å². The quantitative estimate of drug-likeness (QED) is 0.496. The molecule has 3 rings (SSSR count). The first kappa shape index (κ1) is 22.8. The second kappa shape index (κ2) is 9.49. The van der Waals surface area contributed by atoms with Gasteiger partial charge in [0, 0.05) is 11.8 Å². The zero-order chi connectivity index (χ0) is 22.7. The van der Waals surface area contributed by atoms with Gasteiger partial charge >= 0.3 is 6.16 Å². The van der Waals surface area contributed by atoms with E-state index in [9.17, 15) is 19.1 Å². The molecule has 1 aromatic heterocycles. The zero-order valence-electron chi connectivity index (χ0n) is 17.1. The van der Waals surface area contributed by atoms with Gasteiger partial charge in [-0.15, -0.1) is 0 Å². The van der Waals surface area contributed by atoms with Crippen molar-refractivity contribution < 1.29 is 24.1 Å². The number of nitrogens with zero attached hydrogens (tertiary/aromatic N) is 1. The Morgan fingerprint density at radius 3 is 2.68 bits per heavy atom. The lowest BCUT2D eigenvalue weighted by atomic mass is 9.97. The fourth-order valence-corrected chi connectivity index (χ4v) is 3.84. The third kappa shape index (κ3) is 4.73. The van der Waals surface area contributed by atoms with Crippen molar-refractivity contribution in [3.8, 4) is 5.75 Å². The molecule has 0 amide bonds. The van der Waals surface area contributed by atoms with E-state index in [1.807, 2.05) is 13.8 Å². The van der Waals surface area contributed by atoms with Gasteiger partial charge < -0.3 is 19.5 Å². The normalized spacial score (nSPS) is 13.2. The summed E-state index contributed by atoms with van der Waals surface area (Å²) in [5.74, 6) is -0.830. The fourth-order valence-electron chi connectivity index (χ4n) is 3.65. The predicted octanol–water partition coefficient (Wildman–Crippen LogP) is 5.02. The number of aliphatic hydroxyl groups is 1. The first-order valence-corrected chi connectivity index (χ1v) is 10.3. The average molecular weight is 448 g/mol. The Labute approximate surface area is 183 Å². The summed E-state index contributed by atoms with van der Waals surface area (Å²) in [5.41, 5.74) is 0.951. The maximum atomic E-state index is 14.3. The van der Waals surface area contributed by atoms with Gasteiger partial charge in [0.15, 0.2) is 5.75 Å². The molecule has 6 nitrogen and oxygen atoms in total. The molecule has 0 fully saturated rings. The third-order valence-corrected chi connectivity index (χ3v) is 5.82. The minimum Gasteiger partial charge on any atom is -0.449 e. The molecule has 3 aromatic rings. The number of aliphatic hydroxyl groups excluding tert-OH is 1. The van der Waals surface area contributed by atoms with E-state index in [0.29, 0.717) is 16.6 Å². The lowest BCUT2D eigenvalue weighted by Gasteiger charge is -2.26. The number of rotatable bonds is 7. The zero-order valence-corrected chi connectivity index (χ0v) is 17.9. The van der Waals surface area contributed by atoms with Gasteiger partial charge in [0.1, 0.15) is 5.82 Å². The van der Waals surface area contributed by atoms with Crippen molar-refractivity contribution in [3.05, 3.63) is 74.8 Å². The molecule has 0 spiro atoms. The van der Waals surface area contributed by atoms with Gasteiger partial charge in [-0.1, -0.05) is 50.1 Å². The summed E-state index contributed by atoms with van der Waals surface area (Å²) in [6.45, 7) is 3.73. The molecule has 0 bridgehead atoms. The van der Waals surface area contributed by atoms with Crippen molar-refractivity contribution in [1.82, 2.24) is 4.57 Å². The van der Waals surface area contributed by atoms with Crippen LogP contribution in [0.2, 0.25) is 5.02 Å². The Morgan fingerprint density at radius 2 is 2.03 bits per heavy atom. The van der Waals surface area contributed by atoms with Crippen LogP contribution >= 0.6 is 11.6 Å². The molecular weight excluding hydrogens is 425 g/mol. The van der Waals surface area contributed by atoms with Crippen LogP contribution in [0.25, 0.3) is 10.9 Å². The molecule has 0 aliphatic heterocycles. The largest absolute Gasteiger partial charge is 0.511 e. The summed E-state index contributed by atoms with van der Waals surface area (Å²) in [6, 6.07) is 9.39. The Balaban J connectivity index is 2.19. The minimum absolute atomic E-state index is 0.0112. The number of fused-ring (bicyclic) bond motifs is 1. The number of ether oxygens (including phenoxy) is 1. The number of pyridine rings is 1. The summed E-state index contributed by atoms with van der Waals surface area (Å²) in [6.07, 6.45) is 0.673. The monoisotopic (exact) mass is 447 g/mol. The number of aromatic nitrogens is 1. The van der Waals surface area contributed by atoms with Crippen molar-refractivity contribution in [2.24, 2.45) is 5.92 Å². The molecular formula is C23H23ClFNO5. The summed E-state index contributed by atoms with van der Waals surface area (Å²) < 4.78 is 20.7. The maximum Gasteiger partial charge on any atom is 0.511 e. The van der Waals surface area contributed by atoms with Crippen LogP contribution in [0.3, 0.4) is 0 Å². The molecule has 0 aliphatic carbocycles. The van der Waals surface area contributed by atoms with Crippen LogP contribution in [-0.4, -0.2) is 27.5 Å². The molecule has 0 unspecified atom stereocenters. The highest BCUT2D eigenvalue weighted by molar-refractivity contribution is 6.30. The third-order valence-electron chi connectivity index (χ3n) is 5.53. The van der Waals surface area contributed by atoms with Gasteiger partial charge in [-0.05, 0) is 35.2 Å². The molecule has 2 atom stereocenters. The van der Waals surface area contributed by atoms with Gasteiger partial charge in [0.2, 0.25) is 5.43 Å². The van der Waals surface area contributed by atoms with Crippen LogP contribution in [0.15, 0.2) is 47.4 Å². The van der Waals surface area contributed by atoms with E-state index in [2.05, 4.69) is 0 Å². The van der Waals surface area contributed by atoms with Crippen LogP contribution in [-0.2, 0) is 6.42 Å². The summed E-state index contributed by atoms with van der Waals surface area (Å²) in [4.78, 5) is 24.0. The van der Waals surface area contributed by atoms with Crippen molar-refractivity contribution in [1.29, 1.82) is 0 Å². The first-order chi connectivity index (χ1) is 14.8. The molecule has 8 heteroatoms. The number of carbonyl (C=O) groups is 1. The Bertz CT molecular complexity index is 1180. The molecule has 164 valence electrons. The highest BCUT2D eigenvalue weighted by atomic mass is 35.5. The summed E-state index contributed by atoms with van der Waals surface area (Å²) in [5, 5.41) is 19.2. The molecule has 1 heterocycles. The molecule has 0 saturated heterocycles. The second-order valence-electron chi connectivity index (χ2n) is 7.47. The van der Waals surface area contributed by atoms with Gasteiger partial charge in [-0.3, -0.25) is 4.79 Å². The molecule has 0 aliphatic rings. The predicted molar refractivity (Wildman–Crippen MR) is 117 cm³/mol. The van der Waals surface area contributed by atoms with Crippen LogP contribution in [0, 0.1) is 11.7 Å². The van der Waals surface area contributed by atoms with Gasteiger partial charge in [0.05, 0.1) is 29.4 Å². The van der Waals surface area contributed by atoms with Gasteiger partial charge in [-0.2, -0.15) is 0 Å². The average Bonchev–Trinajstić information content (AvgIpc) is 2.74. The van der Waals surface area contributed by atoms with Crippen LogP contribution in [0.4, 0.5) is 9.18 Å². The smallest absolute Gasteiger partial charge is 0.449 e. The van der Waals surface area contributed by atoms with E-state index < -0.39 is 17.4 Å². The Kier molecular flexibility index (Phi) is 6.97. The fraction of sp³-hybridized carbons (Fsp3) is 0.304. The second-order valence-corrected chi connectivity index (χ2v) is 7.88. The Morgan fingerprint density at radius 1 is 1.29 bits per heavy atom. The van der Waals surface area contributed by atoms with E-state index in [1.54, 1.807) is 34.9 Å². The molecule has 2 N–H and O–H groups in total. The van der Waals surface area contributed by atoms with Gasteiger partial charge in [0.25, 0.3) is 0 Å². The van der Waals surface area contributed by atoms with Crippen LogP contribution < -0.4 is 10.2 Å². The SMILES string of the molecule is CC[C@H](C)[C@@H](CO)n1cc(OC(=O)O)c(=O)c2cc(Cc3cccc(Cl)c3F)ccc21. The Hall–Kier alpha value is -2.90. The topological polar surface area (TPSA) is 88.8 Å². The number of halogens is 2. The van der Waals surface area contributed by atoms with Crippen LogP contribution in [0.5, 0.6) is 5.75 Å². The summed E-state index contributed by atoms with van der Waals surface area (Å²) >= 11 is 5.86. The van der Waals surface area contributed by atoms with E-state index in [4.69, 9.17) is 21.4 Å². The number of benzene rings is 2. The van der Waals surface area contributed by atoms with E-state index >= 15 is 0 Å². The van der Waals surface area contributed by atoms with E-state index in [0.717, 1.165) is 6.42 Å². The first-order valence-electron chi connectivity index (χ1n) is 9.89. The van der Waals surface area contributed by atoms with Crippen molar-refractivity contribution in [2.75, 3.05) is 6.61 Å². The lowest BCUT2D eigenvalue weighted by Crippen LogP contribution is -2.24. The molecule has 31 heavy (non-hydrogen) atoms. The van der Waals surface area contributed by atoms with E-state index in [-0.39, 0.29) is 41.1 Å². The highest BCUT2D eigenvalue weighted by Gasteiger charge is 2.22. The number of carboxylic acid groups (broad SMARTS) is 1. The standard InChI is InChI=1S/C23H23ClFNO5/c1-3-13(2)19(12-27)26-11-20(31-23(29)30)22(28)16-10-14(7-8-18(16)26)9-15-5-4-6-17(24)21(15)25/h4-8,10-11,13,19,27H,3,9,12H2,1-2H3,(H,29,30)/t13-,19+/m0/s1. The molecule has 0 saturated carbocycles. The minimum atomic E-state index is -1.61. The summed E-state index contributed by atoms with van der Waals surface area (Å²) in [7, 11) is 0. The van der Waals surface area contributed by atoms with Crippen LogP contribution in [0.1, 0.15) is 37.4 Å². The van der Waals surface area contributed by atoms with Crippen molar-refractivity contribution >= 4 is 28.7 Å². The van der Waals surface area contributed by atoms with E-state index in [1.165, 1.54) is 12.3 Å². The maximum absolute atomic E-state index is 14.3. The number of hydrogen-bond acceptors (Lipinski definition) is 4. The lowest BCUT2D eigenvalue weighted by molar-refractivity contribution is 0.143. The molecule has 0 radical (unpaired) electrons. The molecule has 2 aromatic carbocycles. The van der Waals surface area contributed by atoms with Gasteiger partial charge in [-0.25, -0.2) is 9.18 Å². The number of hydrogen-bond donors (Lipinski definition) is 2. The van der Waals surface area contributed by atoms with Crippen molar-refractivity contribution in [3.63, 3.8) is 0 Å².